The third-order valence-electron chi connectivity index (χ3n) is 8.41. The van der Waals surface area contributed by atoms with Crippen LogP contribution in [0, 0.1) is 5.92 Å². The minimum Gasteiger partial charge on any atom is -0.389 e. The number of benzene rings is 3. The predicted octanol–water partition coefficient (Wildman–Crippen LogP) is 5.30. The fourth-order valence-electron chi connectivity index (χ4n) is 7.07. The van der Waals surface area contributed by atoms with Gasteiger partial charge in [0.25, 0.3) is 0 Å². The summed E-state index contributed by atoms with van der Waals surface area (Å²) in [6.07, 6.45) is 6.12. The summed E-state index contributed by atoms with van der Waals surface area (Å²) in [7, 11) is 0. The minimum absolute atomic E-state index is 0.0148. The largest absolute Gasteiger partial charge is 0.389 e. The number of fused-ring (bicyclic) bond motifs is 3. The average Bonchev–Trinajstić information content (AvgIpc) is 3.34. The molecule has 2 N–H and O–H groups in total. The number of aliphatic hydroxyl groups excluding tert-OH is 1. The first-order valence-corrected chi connectivity index (χ1v) is 11.3. The SMILES string of the molecule is CC(O)c1ccc2c3c1C1c4ccc5c6c(ccc(c46)C(C)(O)C1C=C3CC2)CC5. The highest BCUT2D eigenvalue weighted by Crippen LogP contribution is 2.59. The zero-order chi connectivity index (χ0) is 20.4. The quantitative estimate of drug-likeness (QED) is 0.588. The lowest BCUT2D eigenvalue weighted by molar-refractivity contribution is 0.00477. The number of hydrogen-bond acceptors (Lipinski definition) is 2. The molecule has 150 valence electrons. The van der Waals surface area contributed by atoms with Crippen LogP contribution < -0.4 is 0 Å². The van der Waals surface area contributed by atoms with Crippen LogP contribution in [0.1, 0.15) is 76.8 Å². The molecule has 7 rings (SSSR count). The van der Waals surface area contributed by atoms with Crippen LogP contribution in [-0.4, -0.2) is 10.2 Å². The van der Waals surface area contributed by atoms with Crippen molar-refractivity contribution in [1.82, 2.24) is 0 Å². The van der Waals surface area contributed by atoms with Crippen molar-refractivity contribution in [2.45, 2.75) is 57.2 Å². The number of rotatable bonds is 1. The van der Waals surface area contributed by atoms with Gasteiger partial charge in [-0.15, -0.1) is 0 Å². The second-order valence-electron chi connectivity index (χ2n) is 9.96. The van der Waals surface area contributed by atoms with E-state index < -0.39 is 11.7 Å². The second-order valence-corrected chi connectivity index (χ2v) is 9.96. The summed E-state index contributed by atoms with van der Waals surface area (Å²) in [5.41, 5.74) is 10.7. The zero-order valence-corrected chi connectivity index (χ0v) is 17.5. The predicted molar refractivity (Wildman–Crippen MR) is 120 cm³/mol. The lowest BCUT2D eigenvalue weighted by Gasteiger charge is -2.46. The van der Waals surface area contributed by atoms with Crippen LogP contribution in [0.4, 0.5) is 0 Å². The summed E-state index contributed by atoms with van der Waals surface area (Å²) in [5, 5.41) is 25.4. The normalized spacial score (nSPS) is 28.3. The number of aryl methyl sites for hydroxylation is 3. The summed E-state index contributed by atoms with van der Waals surface area (Å²) in [6, 6.07) is 13.4. The van der Waals surface area contributed by atoms with E-state index in [1.807, 2.05) is 13.8 Å². The van der Waals surface area contributed by atoms with Crippen molar-refractivity contribution in [3.63, 3.8) is 0 Å². The second kappa shape index (κ2) is 5.43. The lowest BCUT2D eigenvalue weighted by atomic mass is 9.59. The van der Waals surface area contributed by atoms with Gasteiger partial charge in [0, 0.05) is 11.8 Å². The van der Waals surface area contributed by atoms with E-state index in [9.17, 15) is 10.2 Å². The monoisotopic (exact) mass is 394 g/mol. The standard InChI is InChI=1S/C28H26O2/c1-14(29)19-10-7-16-5-6-18-13-22-26(27(19)24(16)18)20-11-8-15-3-4-17-9-12-21(28(22,2)30)25(20)23(15)17/h7-14,22,26,29-30H,3-6H2,1-2H3. The Balaban J connectivity index is 1.65. The first-order chi connectivity index (χ1) is 14.5. The van der Waals surface area contributed by atoms with Crippen LogP contribution in [0.25, 0.3) is 16.3 Å². The van der Waals surface area contributed by atoms with Gasteiger partial charge in [-0.25, -0.2) is 0 Å². The Kier molecular flexibility index (Phi) is 3.13. The van der Waals surface area contributed by atoms with E-state index >= 15 is 0 Å². The molecule has 4 aliphatic carbocycles. The number of hydrogen-bond donors (Lipinski definition) is 2. The number of aliphatic hydroxyl groups is 2. The van der Waals surface area contributed by atoms with Gasteiger partial charge in [-0.05, 0) is 100 Å². The molecule has 0 fully saturated rings. The molecule has 30 heavy (non-hydrogen) atoms. The van der Waals surface area contributed by atoms with E-state index in [1.54, 1.807) is 0 Å². The molecule has 0 amide bonds. The van der Waals surface area contributed by atoms with Gasteiger partial charge in [-0.2, -0.15) is 0 Å². The maximum Gasteiger partial charge on any atom is 0.0946 e. The summed E-state index contributed by atoms with van der Waals surface area (Å²) in [4.78, 5) is 0. The molecule has 0 heterocycles. The van der Waals surface area contributed by atoms with E-state index in [4.69, 9.17) is 0 Å². The molecule has 2 nitrogen and oxygen atoms in total. The molecular formula is C28H26O2. The summed E-state index contributed by atoms with van der Waals surface area (Å²) in [5.74, 6) is 0.0674. The van der Waals surface area contributed by atoms with Crippen molar-refractivity contribution in [1.29, 1.82) is 0 Å². The smallest absolute Gasteiger partial charge is 0.0946 e. The highest BCUT2D eigenvalue weighted by atomic mass is 16.3. The van der Waals surface area contributed by atoms with E-state index in [1.165, 1.54) is 49.7 Å². The van der Waals surface area contributed by atoms with Crippen LogP contribution in [-0.2, 0) is 24.9 Å². The molecule has 3 aromatic rings. The van der Waals surface area contributed by atoms with E-state index in [0.717, 1.165) is 36.8 Å². The van der Waals surface area contributed by atoms with Gasteiger partial charge in [0.05, 0.1) is 11.7 Å². The van der Waals surface area contributed by atoms with Gasteiger partial charge in [-0.3, -0.25) is 0 Å². The maximum atomic E-state index is 12.0. The number of allylic oxidation sites excluding steroid dienone is 1. The molecule has 0 aliphatic heterocycles. The van der Waals surface area contributed by atoms with E-state index in [0.29, 0.717) is 0 Å². The lowest BCUT2D eigenvalue weighted by Crippen LogP contribution is -2.40. The molecule has 0 aromatic heterocycles. The molecule has 0 spiro atoms. The Hall–Kier alpha value is -2.42. The molecule has 4 atom stereocenters. The maximum absolute atomic E-state index is 12.0. The van der Waals surface area contributed by atoms with Gasteiger partial charge in [0.15, 0.2) is 0 Å². The highest BCUT2D eigenvalue weighted by molar-refractivity contribution is 5.98. The van der Waals surface area contributed by atoms with Gasteiger partial charge >= 0.3 is 0 Å². The van der Waals surface area contributed by atoms with Gasteiger partial charge in [0.2, 0.25) is 0 Å². The van der Waals surface area contributed by atoms with Gasteiger partial charge in [-0.1, -0.05) is 42.5 Å². The third kappa shape index (κ3) is 1.88. The van der Waals surface area contributed by atoms with Crippen LogP contribution in [0.2, 0.25) is 0 Å². The Morgan fingerprint density at radius 1 is 0.900 bits per heavy atom. The summed E-state index contributed by atoms with van der Waals surface area (Å²) >= 11 is 0. The molecule has 0 radical (unpaired) electrons. The molecular weight excluding hydrogens is 368 g/mol. The van der Waals surface area contributed by atoms with Crippen molar-refractivity contribution >= 4 is 16.3 Å². The molecule has 0 saturated heterocycles. The third-order valence-corrected chi connectivity index (χ3v) is 8.41. The zero-order valence-electron chi connectivity index (χ0n) is 17.5. The van der Waals surface area contributed by atoms with Crippen molar-refractivity contribution < 1.29 is 10.2 Å². The molecule has 0 saturated carbocycles. The molecule has 2 heteroatoms. The van der Waals surface area contributed by atoms with E-state index in [2.05, 4.69) is 42.5 Å². The summed E-state index contributed by atoms with van der Waals surface area (Å²) < 4.78 is 0. The topological polar surface area (TPSA) is 40.5 Å². The average molecular weight is 395 g/mol. The van der Waals surface area contributed by atoms with Gasteiger partial charge in [0.1, 0.15) is 0 Å². The van der Waals surface area contributed by atoms with Crippen LogP contribution >= 0.6 is 0 Å². The summed E-state index contributed by atoms with van der Waals surface area (Å²) in [6.45, 7) is 3.88. The first kappa shape index (κ1) is 17.3. The van der Waals surface area contributed by atoms with Gasteiger partial charge < -0.3 is 10.2 Å². The van der Waals surface area contributed by atoms with Crippen molar-refractivity contribution in [2.75, 3.05) is 0 Å². The molecule has 3 aromatic carbocycles. The van der Waals surface area contributed by atoms with Crippen LogP contribution in [0.3, 0.4) is 0 Å². The Morgan fingerprint density at radius 2 is 1.60 bits per heavy atom. The fraction of sp³-hybridized carbons (Fsp3) is 0.357. The van der Waals surface area contributed by atoms with Crippen LogP contribution in [0.5, 0.6) is 0 Å². The molecule has 4 aliphatic rings. The molecule has 4 unspecified atom stereocenters. The van der Waals surface area contributed by atoms with Crippen molar-refractivity contribution in [2.24, 2.45) is 5.92 Å². The Morgan fingerprint density at radius 3 is 2.37 bits per heavy atom. The fourth-order valence-corrected chi connectivity index (χ4v) is 7.07. The Labute approximate surface area is 176 Å². The van der Waals surface area contributed by atoms with Crippen molar-refractivity contribution in [3.8, 4) is 0 Å². The van der Waals surface area contributed by atoms with Crippen LogP contribution in [0.15, 0.2) is 42.5 Å². The highest BCUT2D eigenvalue weighted by Gasteiger charge is 2.49. The first-order valence-electron chi connectivity index (χ1n) is 11.3. The Bertz CT molecular complexity index is 1300. The van der Waals surface area contributed by atoms with Crippen molar-refractivity contribution in [3.05, 3.63) is 87.0 Å². The minimum atomic E-state index is -0.934. The van der Waals surface area contributed by atoms with E-state index in [-0.39, 0.29) is 11.8 Å². The molecule has 0 bridgehead atoms.